The lowest BCUT2D eigenvalue weighted by atomic mass is 10.1. The molecule has 0 saturated heterocycles. The van der Waals surface area contributed by atoms with Crippen LogP contribution in [0.2, 0.25) is 0 Å². The lowest BCUT2D eigenvalue weighted by Crippen LogP contribution is -2.00. The molecule has 0 spiro atoms. The number of oxazole rings is 1. The lowest BCUT2D eigenvalue weighted by molar-refractivity contribution is 0.620. The molecular formula is C34H20N4O2. The van der Waals surface area contributed by atoms with Gasteiger partial charge in [0.25, 0.3) is 0 Å². The smallest absolute Gasteiger partial charge is 0.227 e. The summed E-state index contributed by atoms with van der Waals surface area (Å²) in [6.07, 6.45) is 0. The van der Waals surface area contributed by atoms with E-state index in [0.29, 0.717) is 23.4 Å². The third-order valence-electron chi connectivity index (χ3n) is 6.99. The first kappa shape index (κ1) is 22.4. The monoisotopic (exact) mass is 516 g/mol. The van der Waals surface area contributed by atoms with Crippen LogP contribution < -0.4 is 0 Å². The molecule has 5 aromatic carbocycles. The summed E-state index contributed by atoms with van der Waals surface area (Å²) in [7, 11) is 0. The number of fused-ring (bicyclic) bond motifs is 4. The summed E-state index contributed by atoms with van der Waals surface area (Å²) < 4.78 is 12.1. The maximum absolute atomic E-state index is 6.14. The quantitative estimate of drug-likeness (QED) is 0.233. The van der Waals surface area contributed by atoms with E-state index in [2.05, 4.69) is 11.1 Å². The molecule has 3 aromatic heterocycles. The van der Waals surface area contributed by atoms with Crippen molar-refractivity contribution in [1.29, 1.82) is 0 Å². The van der Waals surface area contributed by atoms with Crippen LogP contribution in [0.15, 0.2) is 130 Å². The fraction of sp³-hybridized carbons (Fsp3) is 0. The average Bonchev–Trinajstić information content (AvgIpc) is 3.63. The van der Waals surface area contributed by atoms with Crippen molar-refractivity contribution in [3.8, 4) is 45.6 Å². The first-order chi connectivity index (χ1) is 19.8. The molecule has 0 aliphatic carbocycles. The first-order valence-electron chi connectivity index (χ1n) is 13.0. The van der Waals surface area contributed by atoms with Gasteiger partial charge in [-0.3, -0.25) is 0 Å². The second kappa shape index (κ2) is 8.99. The maximum Gasteiger partial charge on any atom is 0.227 e. The van der Waals surface area contributed by atoms with Gasteiger partial charge in [-0.15, -0.1) is 0 Å². The molecule has 0 atom stereocenters. The zero-order valence-corrected chi connectivity index (χ0v) is 21.2. The van der Waals surface area contributed by atoms with E-state index in [0.717, 1.165) is 55.3 Å². The Labute approximate surface area is 228 Å². The Morgan fingerprint density at radius 1 is 0.400 bits per heavy atom. The molecule has 8 aromatic rings. The molecule has 6 heteroatoms. The minimum Gasteiger partial charge on any atom is -0.456 e. The molecule has 0 unspecified atom stereocenters. The fourth-order valence-electron chi connectivity index (χ4n) is 5.06. The van der Waals surface area contributed by atoms with Crippen molar-refractivity contribution >= 4 is 33.0 Å². The van der Waals surface area contributed by atoms with Gasteiger partial charge in [0.15, 0.2) is 23.1 Å². The normalized spacial score (nSPS) is 11.5. The standard InChI is InChI=1S/C34H20N4O2/c1-2-9-21(10-3-1)31-36-32(22-17-19-23(20-18-22)34-35-26-13-5-7-15-28(26)40-34)38-33(37-31)25-12-8-16-29-30(25)24-11-4-6-14-27(24)39-29/h1-20H. The topological polar surface area (TPSA) is 77.8 Å². The zero-order chi connectivity index (χ0) is 26.5. The highest BCUT2D eigenvalue weighted by molar-refractivity contribution is 6.11. The highest BCUT2D eigenvalue weighted by Gasteiger charge is 2.18. The third-order valence-corrected chi connectivity index (χ3v) is 6.99. The molecule has 0 aliphatic heterocycles. The van der Waals surface area contributed by atoms with Gasteiger partial charge in [-0.25, -0.2) is 19.9 Å². The van der Waals surface area contributed by atoms with Gasteiger partial charge in [-0.05, 0) is 36.4 Å². The minimum absolute atomic E-state index is 0.576. The Kier molecular flexibility index (Phi) is 5.03. The van der Waals surface area contributed by atoms with E-state index in [-0.39, 0.29) is 0 Å². The molecule has 0 amide bonds. The molecule has 0 bridgehead atoms. The van der Waals surface area contributed by atoms with Gasteiger partial charge in [0.1, 0.15) is 16.7 Å². The van der Waals surface area contributed by atoms with Crippen LogP contribution in [0.3, 0.4) is 0 Å². The Hall–Kier alpha value is -5.62. The molecule has 0 saturated carbocycles. The summed E-state index contributed by atoms with van der Waals surface area (Å²) in [6, 6.07) is 39.7. The van der Waals surface area contributed by atoms with Crippen LogP contribution >= 0.6 is 0 Å². The van der Waals surface area contributed by atoms with Crippen molar-refractivity contribution < 1.29 is 8.83 Å². The van der Waals surface area contributed by atoms with E-state index in [1.165, 1.54) is 0 Å². The Balaban J connectivity index is 1.29. The molecule has 40 heavy (non-hydrogen) atoms. The van der Waals surface area contributed by atoms with E-state index in [1.807, 2.05) is 115 Å². The molecule has 6 nitrogen and oxygen atoms in total. The number of nitrogens with zero attached hydrogens (tertiary/aromatic N) is 4. The largest absolute Gasteiger partial charge is 0.456 e. The predicted molar refractivity (Wildman–Crippen MR) is 156 cm³/mol. The van der Waals surface area contributed by atoms with Crippen molar-refractivity contribution in [2.24, 2.45) is 0 Å². The van der Waals surface area contributed by atoms with Gasteiger partial charge in [-0.1, -0.05) is 84.9 Å². The van der Waals surface area contributed by atoms with Gasteiger partial charge in [0.05, 0.1) is 0 Å². The summed E-state index contributed by atoms with van der Waals surface area (Å²) in [6.45, 7) is 0. The second-order valence-corrected chi connectivity index (χ2v) is 9.51. The summed E-state index contributed by atoms with van der Waals surface area (Å²) >= 11 is 0. The highest BCUT2D eigenvalue weighted by Crippen LogP contribution is 2.36. The molecule has 0 fully saturated rings. The predicted octanol–water partition coefficient (Wildman–Crippen LogP) is 8.58. The summed E-state index contributed by atoms with van der Waals surface area (Å²) in [5, 5.41) is 2.01. The molecule has 0 aliphatic rings. The Bertz CT molecular complexity index is 2130. The van der Waals surface area contributed by atoms with Gasteiger partial charge >= 0.3 is 0 Å². The fourth-order valence-corrected chi connectivity index (χ4v) is 5.06. The number of rotatable bonds is 4. The van der Waals surface area contributed by atoms with Crippen molar-refractivity contribution in [1.82, 2.24) is 19.9 Å². The summed E-state index contributed by atoms with van der Waals surface area (Å²) in [5.74, 6) is 2.35. The van der Waals surface area contributed by atoms with Gasteiger partial charge < -0.3 is 8.83 Å². The zero-order valence-electron chi connectivity index (χ0n) is 21.2. The van der Waals surface area contributed by atoms with Gasteiger partial charge in [-0.2, -0.15) is 0 Å². The minimum atomic E-state index is 0.576. The van der Waals surface area contributed by atoms with Crippen LogP contribution in [-0.2, 0) is 0 Å². The maximum atomic E-state index is 6.14. The number of furan rings is 1. The molecule has 3 heterocycles. The third kappa shape index (κ3) is 3.74. The second-order valence-electron chi connectivity index (χ2n) is 9.51. The molecule has 188 valence electrons. The molecule has 0 N–H and O–H groups in total. The van der Waals surface area contributed by atoms with Crippen LogP contribution in [-0.4, -0.2) is 19.9 Å². The SMILES string of the molecule is c1ccc(-c2nc(-c3ccc(-c4nc5ccccc5o4)cc3)nc(-c3cccc4oc5ccccc5c34)n2)cc1. The average molecular weight is 517 g/mol. The van der Waals surface area contributed by atoms with Crippen molar-refractivity contribution in [2.45, 2.75) is 0 Å². The number of hydrogen-bond acceptors (Lipinski definition) is 6. The lowest BCUT2D eigenvalue weighted by Gasteiger charge is -2.09. The van der Waals surface area contributed by atoms with E-state index in [9.17, 15) is 0 Å². The van der Waals surface area contributed by atoms with E-state index in [1.54, 1.807) is 0 Å². The van der Waals surface area contributed by atoms with Crippen molar-refractivity contribution in [3.63, 3.8) is 0 Å². The Morgan fingerprint density at radius 2 is 1.02 bits per heavy atom. The van der Waals surface area contributed by atoms with Crippen molar-refractivity contribution in [2.75, 3.05) is 0 Å². The van der Waals surface area contributed by atoms with Crippen LogP contribution in [0, 0.1) is 0 Å². The van der Waals surface area contributed by atoms with E-state index in [4.69, 9.17) is 23.8 Å². The van der Waals surface area contributed by atoms with Crippen molar-refractivity contribution in [3.05, 3.63) is 121 Å². The van der Waals surface area contributed by atoms with Crippen LogP contribution in [0.1, 0.15) is 0 Å². The van der Waals surface area contributed by atoms with Gasteiger partial charge in [0.2, 0.25) is 5.89 Å². The van der Waals surface area contributed by atoms with E-state index >= 15 is 0 Å². The number of hydrogen-bond donors (Lipinski definition) is 0. The van der Waals surface area contributed by atoms with Crippen LogP contribution in [0.25, 0.3) is 78.7 Å². The first-order valence-corrected chi connectivity index (χ1v) is 13.0. The number of benzene rings is 5. The Morgan fingerprint density at radius 3 is 1.82 bits per heavy atom. The van der Waals surface area contributed by atoms with Crippen LogP contribution in [0.5, 0.6) is 0 Å². The molecule has 8 rings (SSSR count). The summed E-state index contributed by atoms with van der Waals surface area (Å²) in [5.41, 5.74) is 6.78. The summed E-state index contributed by atoms with van der Waals surface area (Å²) in [4.78, 5) is 19.4. The molecule has 0 radical (unpaired) electrons. The molecular weight excluding hydrogens is 496 g/mol. The van der Waals surface area contributed by atoms with E-state index < -0.39 is 0 Å². The number of aromatic nitrogens is 4. The highest BCUT2D eigenvalue weighted by atomic mass is 16.3. The number of para-hydroxylation sites is 3. The van der Waals surface area contributed by atoms with Crippen LogP contribution in [0.4, 0.5) is 0 Å². The van der Waals surface area contributed by atoms with Gasteiger partial charge in [0, 0.05) is 33.0 Å².